The van der Waals surface area contributed by atoms with Crippen LogP contribution in [0.4, 0.5) is 0 Å². The van der Waals surface area contributed by atoms with Crippen molar-refractivity contribution in [2.75, 3.05) is 0 Å². The van der Waals surface area contributed by atoms with Crippen molar-refractivity contribution in [3.8, 4) is 33.6 Å². The van der Waals surface area contributed by atoms with E-state index < -0.39 is 0 Å². The number of H-pyrrole nitrogens is 1. The van der Waals surface area contributed by atoms with E-state index in [1.165, 1.54) is 5.56 Å². The number of fused-ring (bicyclic) bond motifs is 1. The molecule has 0 aliphatic carbocycles. The Balaban J connectivity index is 1.65. The summed E-state index contributed by atoms with van der Waals surface area (Å²) < 4.78 is 0. The third-order valence-corrected chi connectivity index (χ3v) is 5.31. The molecular weight excluding hydrogens is 368 g/mol. The summed E-state index contributed by atoms with van der Waals surface area (Å²) >= 11 is 0. The topological polar surface area (TPSA) is 54.5 Å². The van der Waals surface area contributed by atoms with Gasteiger partial charge in [0, 0.05) is 40.8 Å². The second kappa shape index (κ2) is 7.56. The second-order valence-corrected chi connectivity index (χ2v) is 7.33. The fourth-order valence-electron chi connectivity index (χ4n) is 3.71. The van der Waals surface area contributed by atoms with Crippen molar-refractivity contribution in [3.05, 3.63) is 96.9 Å². The van der Waals surface area contributed by atoms with Gasteiger partial charge in [-0.3, -0.25) is 9.97 Å². The summed E-state index contributed by atoms with van der Waals surface area (Å²) in [5, 5.41) is 1.07. The van der Waals surface area contributed by atoms with Crippen LogP contribution in [0.5, 0.6) is 0 Å². The van der Waals surface area contributed by atoms with Crippen molar-refractivity contribution in [2.45, 2.75) is 13.8 Å². The molecule has 0 spiro atoms. The van der Waals surface area contributed by atoms with E-state index in [4.69, 9.17) is 4.98 Å². The van der Waals surface area contributed by atoms with E-state index in [0.717, 1.165) is 50.4 Å². The maximum absolute atomic E-state index is 4.79. The highest BCUT2D eigenvalue weighted by atomic mass is 14.9. The Hall–Kier alpha value is -3.79. The Morgan fingerprint density at radius 3 is 2.43 bits per heavy atom. The van der Waals surface area contributed by atoms with Gasteiger partial charge in [-0.2, -0.15) is 0 Å². The predicted octanol–water partition coefficient (Wildman–Crippen LogP) is 6.23. The van der Waals surface area contributed by atoms with Gasteiger partial charge in [0.1, 0.15) is 5.65 Å². The lowest BCUT2D eigenvalue weighted by Crippen LogP contribution is -1.93. The van der Waals surface area contributed by atoms with Gasteiger partial charge in [-0.1, -0.05) is 37.3 Å². The van der Waals surface area contributed by atoms with Crippen LogP contribution in [-0.2, 0) is 0 Å². The molecule has 30 heavy (non-hydrogen) atoms. The molecule has 0 amide bonds. The summed E-state index contributed by atoms with van der Waals surface area (Å²) in [6, 6.07) is 20.9. The normalized spacial score (nSPS) is 11.1. The van der Waals surface area contributed by atoms with Gasteiger partial charge in [0.15, 0.2) is 0 Å². The first-order chi connectivity index (χ1) is 14.7. The van der Waals surface area contributed by atoms with Gasteiger partial charge in [-0.25, -0.2) is 4.98 Å². The number of aromatic amines is 1. The van der Waals surface area contributed by atoms with Crippen molar-refractivity contribution in [1.82, 2.24) is 19.9 Å². The van der Waals surface area contributed by atoms with Crippen LogP contribution in [0, 0.1) is 13.3 Å². The molecule has 1 aromatic carbocycles. The minimum Gasteiger partial charge on any atom is -0.346 e. The van der Waals surface area contributed by atoms with Crippen molar-refractivity contribution in [3.63, 3.8) is 0 Å². The van der Waals surface area contributed by atoms with E-state index in [9.17, 15) is 0 Å². The summed E-state index contributed by atoms with van der Waals surface area (Å²) in [5.41, 5.74) is 9.12. The van der Waals surface area contributed by atoms with Crippen molar-refractivity contribution >= 4 is 11.0 Å². The van der Waals surface area contributed by atoms with Crippen LogP contribution in [0.2, 0.25) is 0 Å². The molecule has 4 heterocycles. The van der Waals surface area contributed by atoms with Crippen molar-refractivity contribution in [2.24, 2.45) is 0 Å². The smallest absolute Gasteiger partial charge is 0.138 e. The summed E-state index contributed by atoms with van der Waals surface area (Å²) in [5.74, 6) is 0. The highest BCUT2D eigenvalue weighted by molar-refractivity contribution is 5.95. The highest BCUT2D eigenvalue weighted by Crippen LogP contribution is 2.33. The Morgan fingerprint density at radius 2 is 1.63 bits per heavy atom. The molecule has 0 unspecified atom stereocenters. The van der Waals surface area contributed by atoms with Crippen LogP contribution in [0.25, 0.3) is 44.7 Å². The summed E-state index contributed by atoms with van der Waals surface area (Å²) in [6.07, 6.45) is 7.84. The SMILES string of the molecule is C[CH]c1ccc(-c2cncc(-c3cc(-c4cccc(C)n4)nc4[nH]ccc34)c2)cc1. The summed E-state index contributed by atoms with van der Waals surface area (Å²) in [7, 11) is 0. The van der Waals surface area contributed by atoms with Gasteiger partial charge >= 0.3 is 0 Å². The lowest BCUT2D eigenvalue weighted by Gasteiger charge is -2.10. The first kappa shape index (κ1) is 18.3. The molecule has 0 aliphatic rings. The molecule has 0 saturated heterocycles. The van der Waals surface area contributed by atoms with Gasteiger partial charge in [0.25, 0.3) is 0 Å². The molecule has 1 radical (unpaired) electrons. The minimum atomic E-state index is 0.844. The lowest BCUT2D eigenvalue weighted by atomic mass is 9.99. The average molecular weight is 389 g/mol. The second-order valence-electron chi connectivity index (χ2n) is 7.33. The largest absolute Gasteiger partial charge is 0.346 e. The molecule has 0 bridgehead atoms. The zero-order chi connectivity index (χ0) is 20.5. The number of pyridine rings is 3. The molecule has 5 rings (SSSR count). The van der Waals surface area contributed by atoms with Crippen LogP contribution >= 0.6 is 0 Å². The molecule has 1 N–H and O–H groups in total. The number of nitrogens with zero attached hydrogens (tertiary/aromatic N) is 3. The molecule has 4 heteroatoms. The maximum Gasteiger partial charge on any atom is 0.138 e. The summed E-state index contributed by atoms with van der Waals surface area (Å²) in [4.78, 5) is 17.2. The van der Waals surface area contributed by atoms with E-state index >= 15 is 0 Å². The molecule has 0 aliphatic heterocycles. The number of aryl methyl sites for hydroxylation is 1. The quantitative estimate of drug-likeness (QED) is 0.396. The number of hydrogen-bond donors (Lipinski definition) is 1. The molecule has 4 aromatic heterocycles. The number of aromatic nitrogens is 4. The van der Waals surface area contributed by atoms with Crippen LogP contribution < -0.4 is 0 Å². The van der Waals surface area contributed by atoms with Crippen LogP contribution in [-0.4, -0.2) is 19.9 Å². The Bertz CT molecular complexity index is 1330. The Kier molecular flexibility index (Phi) is 4.60. The standard InChI is InChI=1S/C26H21N4/c1-3-18-7-9-19(10-8-18)20-13-21(16-27-15-20)23-14-25(24-6-4-5-17(2)29-24)30-26-22(23)11-12-28-26/h3-16H,1-2H3,(H,28,30). The zero-order valence-electron chi connectivity index (χ0n) is 16.9. The van der Waals surface area contributed by atoms with Gasteiger partial charge in [-0.15, -0.1) is 0 Å². The molecule has 0 fully saturated rings. The molecule has 145 valence electrons. The highest BCUT2D eigenvalue weighted by Gasteiger charge is 2.12. The number of benzene rings is 1. The zero-order valence-corrected chi connectivity index (χ0v) is 16.9. The maximum atomic E-state index is 4.79. The average Bonchev–Trinajstić information content (AvgIpc) is 3.27. The van der Waals surface area contributed by atoms with E-state index in [0.29, 0.717) is 0 Å². The molecular formula is C26H21N4. The van der Waals surface area contributed by atoms with Gasteiger partial charge in [0.05, 0.1) is 11.4 Å². The van der Waals surface area contributed by atoms with Crippen molar-refractivity contribution in [1.29, 1.82) is 0 Å². The predicted molar refractivity (Wildman–Crippen MR) is 122 cm³/mol. The molecule has 0 atom stereocenters. The number of rotatable bonds is 4. The number of hydrogen-bond acceptors (Lipinski definition) is 3. The summed E-state index contributed by atoms with van der Waals surface area (Å²) in [6.45, 7) is 4.04. The molecule has 5 aromatic rings. The minimum absolute atomic E-state index is 0.844. The first-order valence-electron chi connectivity index (χ1n) is 9.98. The van der Waals surface area contributed by atoms with Crippen LogP contribution in [0.1, 0.15) is 18.2 Å². The van der Waals surface area contributed by atoms with E-state index in [-0.39, 0.29) is 0 Å². The number of nitrogens with one attached hydrogen (secondary N) is 1. The van der Waals surface area contributed by atoms with E-state index in [1.54, 1.807) is 0 Å². The third-order valence-electron chi connectivity index (χ3n) is 5.31. The van der Waals surface area contributed by atoms with Gasteiger partial charge in [0.2, 0.25) is 0 Å². The van der Waals surface area contributed by atoms with Crippen molar-refractivity contribution < 1.29 is 0 Å². The van der Waals surface area contributed by atoms with E-state index in [2.05, 4.69) is 63.8 Å². The van der Waals surface area contributed by atoms with Crippen LogP contribution in [0.15, 0.2) is 79.3 Å². The third kappa shape index (κ3) is 3.37. The molecule has 4 nitrogen and oxygen atoms in total. The van der Waals surface area contributed by atoms with Gasteiger partial charge in [-0.05, 0) is 60.4 Å². The van der Waals surface area contributed by atoms with E-state index in [1.807, 2.05) is 50.6 Å². The lowest BCUT2D eigenvalue weighted by molar-refractivity contribution is 1.18. The molecule has 0 saturated carbocycles. The van der Waals surface area contributed by atoms with Crippen LogP contribution in [0.3, 0.4) is 0 Å². The Morgan fingerprint density at radius 1 is 0.800 bits per heavy atom. The Labute approximate surface area is 175 Å². The monoisotopic (exact) mass is 389 g/mol. The van der Waals surface area contributed by atoms with Gasteiger partial charge < -0.3 is 4.98 Å². The fraction of sp³-hybridized carbons (Fsp3) is 0.0769. The fourth-order valence-corrected chi connectivity index (χ4v) is 3.71. The first-order valence-corrected chi connectivity index (χ1v) is 9.98.